The number of carbonyl (C=O) groups is 2. The highest BCUT2D eigenvalue weighted by Crippen LogP contribution is 2.17. The number of amides is 1. The highest BCUT2D eigenvalue weighted by Gasteiger charge is 2.18. The molecule has 0 bridgehead atoms. The predicted octanol–water partition coefficient (Wildman–Crippen LogP) is 19.2. The quantitative estimate of drug-likeness (QED) is 0.0321. The van der Waals surface area contributed by atoms with E-state index in [1.165, 1.54) is 238 Å². The molecule has 0 aliphatic rings. The Hall–Kier alpha value is -1.92. The van der Waals surface area contributed by atoms with Gasteiger partial charge in [-0.25, -0.2) is 0 Å². The normalized spacial score (nSPS) is 12.8. The molecular weight excluding hydrogens is 851 g/mol. The van der Waals surface area contributed by atoms with Crippen molar-refractivity contribution in [2.24, 2.45) is 0 Å². The molecule has 0 aliphatic carbocycles. The molecule has 0 aromatic carbocycles. The lowest BCUT2D eigenvalue weighted by Crippen LogP contribution is -2.45. The lowest BCUT2D eigenvalue weighted by atomic mass is 10.0. The van der Waals surface area contributed by atoms with Crippen molar-refractivity contribution in [1.29, 1.82) is 0 Å². The second-order valence-corrected chi connectivity index (χ2v) is 21.0. The number of carbonyl (C=O) groups excluding carboxylic acids is 2. The van der Waals surface area contributed by atoms with E-state index in [4.69, 9.17) is 4.74 Å². The van der Waals surface area contributed by atoms with Gasteiger partial charge < -0.3 is 20.3 Å². The Morgan fingerprint density at radius 2 is 0.725 bits per heavy atom. The first-order valence-corrected chi connectivity index (χ1v) is 30.8. The summed E-state index contributed by atoms with van der Waals surface area (Å²) in [7, 11) is 0. The van der Waals surface area contributed by atoms with Crippen LogP contribution in [0.25, 0.3) is 0 Å². The van der Waals surface area contributed by atoms with Gasteiger partial charge in [0.2, 0.25) is 5.91 Å². The van der Waals surface area contributed by atoms with E-state index in [0.717, 1.165) is 64.2 Å². The molecule has 0 heterocycles. The van der Waals surface area contributed by atoms with E-state index in [9.17, 15) is 19.8 Å². The number of aliphatic hydroxyl groups is 2. The van der Waals surface area contributed by atoms with Gasteiger partial charge in [0, 0.05) is 12.8 Å². The Bertz CT molecular complexity index is 1120. The number of unbranched alkanes of at least 4 members (excludes halogenated alkanes) is 42. The number of allylic oxidation sites excluding steroid dienone is 5. The molecule has 0 saturated carbocycles. The van der Waals surface area contributed by atoms with Gasteiger partial charge >= 0.3 is 5.97 Å². The smallest absolute Gasteiger partial charge is 0.305 e. The largest absolute Gasteiger partial charge is 0.466 e. The van der Waals surface area contributed by atoms with Crippen molar-refractivity contribution < 1.29 is 24.5 Å². The lowest BCUT2D eigenvalue weighted by molar-refractivity contribution is -0.143. The van der Waals surface area contributed by atoms with Crippen LogP contribution in [0.1, 0.15) is 328 Å². The maximum atomic E-state index is 12.5. The van der Waals surface area contributed by atoms with Crippen molar-refractivity contribution in [2.45, 2.75) is 341 Å². The van der Waals surface area contributed by atoms with Crippen LogP contribution < -0.4 is 5.32 Å². The fourth-order valence-electron chi connectivity index (χ4n) is 9.43. The zero-order chi connectivity index (χ0) is 50.0. The lowest BCUT2D eigenvalue weighted by Gasteiger charge is -2.20. The van der Waals surface area contributed by atoms with E-state index < -0.39 is 12.1 Å². The first-order valence-electron chi connectivity index (χ1n) is 30.8. The monoisotopic (exact) mass is 970 g/mol. The minimum atomic E-state index is -0.857. The molecule has 0 aromatic rings. The highest BCUT2D eigenvalue weighted by atomic mass is 16.5. The Balaban J connectivity index is 3.49. The van der Waals surface area contributed by atoms with E-state index >= 15 is 0 Å². The van der Waals surface area contributed by atoms with E-state index in [0.29, 0.717) is 19.4 Å². The summed E-state index contributed by atoms with van der Waals surface area (Å²) in [5.74, 6) is -0.0993. The topological polar surface area (TPSA) is 95.9 Å². The van der Waals surface area contributed by atoms with Gasteiger partial charge in [-0.15, -0.1) is 0 Å². The standard InChI is InChI=1S/C63H119NO5/c1-3-5-7-9-11-13-15-17-19-21-22-23-24-25-26-28-29-31-35-39-43-47-51-55-61(66)60(59-65)64-62(67)56-52-48-44-40-36-33-34-38-42-46-50-54-58-69-63(68)57-53-49-45-41-37-32-30-27-20-18-16-14-12-10-8-6-4-2/h12,14,18,20,51,55,60-61,65-66H,3-11,13,15-17,19,21-50,52-54,56-59H2,1-2H3,(H,64,67)/b14-12-,20-18-,55-51+. The van der Waals surface area contributed by atoms with Crippen LogP contribution in [0.4, 0.5) is 0 Å². The SMILES string of the molecule is CCCCC/C=C\C/C=C\CCCCCCCCCC(=O)OCCCCCCCCCCCCCCC(=O)NC(CO)C(O)/C=C/CCCCCCCCCCCCCCCCCCCCCCC. The molecule has 0 radical (unpaired) electrons. The van der Waals surface area contributed by atoms with E-state index in [1.807, 2.05) is 6.08 Å². The molecule has 0 spiro atoms. The number of hydrogen-bond acceptors (Lipinski definition) is 5. The third-order valence-electron chi connectivity index (χ3n) is 14.2. The van der Waals surface area contributed by atoms with Gasteiger partial charge in [-0.3, -0.25) is 9.59 Å². The van der Waals surface area contributed by atoms with Crippen LogP contribution in [0.2, 0.25) is 0 Å². The first kappa shape index (κ1) is 67.1. The summed E-state index contributed by atoms with van der Waals surface area (Å²) in [6.45, 7) is 4.86. The van der Waals surface area contributed by atoms with Crippen molar-refractivity contribution in [3.8, 4) is 0 Å². The summed E-state index contributed by atoms with van der Waals surface area (Å²) in [6.07, 6.45) is 73.1. The maximum absolute atomic E-state index is 12.5. The molecule has 2 atom stereocenters. The molecule has 69 heavy (non-hydrogen) atoms. The molecule has 6 heteroatoms. The fourth-order valence-corrected chi connectivity index (χ4v) is 9.43. The van der Waals surface area contributed by atoms with E-state index in [-0.39, 0.29) is 18.5 Å². The maximum Gasteiger partial charge on any atom is 0.305 e. The fraction of sp³-hybridized carbons (Fsp3) is 0.873. The number of rotatable bonds is 57. The molecule has 0 aromatic heterocycles. The number of hydrogen-bond donors (Lipinski definition) is 3. The Morgan fingerprint density at radius 1 is 0.406 bits per heavy atom. The molecule has 2 unspecified atom stereocenters. The summed E-state index contributed by atoms with van der Waals surface area (Å²) >= 11 is 0. The average Bonchev–Trinajstić information content (AvgIpc) is 3.35. The van der Waals surface area contributed by atoms with Crippen LogP contribution >= 0.6 is 0 Å². The second kappa shape index (κ2) is 58.6. The van der Waals surface area contributed by atoms with Gasteiger partial charge in [-0.05, 0) is 64.2 Å². The van der Waals surface area contributed by atoms with Crippen molar-refractivity contribution >= 4 is 11.9 Å². The van der Waals surface area contributed by atoms with Crippen molar-refractivity contribution in [2.75, 3.05) is 13.2 Å². The van der Waals surface area contributed by atoms with Crippen LogP contribution in [0, 0.1) is 0 Å². The molecule has 1 amide bonds. The Kier molecular flexibility index (Phi) is 57.0. The Labute approximate surface area is 430 Å². The summed E-state index contributed by atoms with van der Waals surface area (Å²) in [5, 5.41) is 23.2. The van der Waals surface area contributed by atoms with Gasteiger partial charge in [-0.1, -0.05) is 288 Å². The molecule has 0 rings (SSSR count). The number of esters is 1. The summed E-state index contributed by atoms with van der Waals surface area (Å²) in [4.78, 5) is 24.6. The molecule has 3 N–H and O–H groups in total. The summed E-state index contributed by atoms with van der Waals surface area (Å²) in [6, 6.07) is -0.642. The summed E-state index contributed by atoms with van der Waals surface area (Å²) in [5.41, 5.74) is 0. The van der Waals surface area contributed by atoms with E-state index in [1.54, 1.807) is 6.08 Å². The minimum Gasteiger partial charge on any atom is -0.466 e. The second-order valence-electron chi connectivity index (χ2n) is 21.0. The van der Waals surface area contributed by atoms with Gasteiger partial charge in [0.1, 0.15) is 0 Å². The first-order chi connectivity index (χ1) is 34.0. The van der Waals surface area contributed by atoms with Gasteiger partial charge in [-0.2, -0.15) is 0 Å². The molecule has 6 nitrogen and oxygen atoms in total. The molecule has 0 saturated heterocycles. The van der Waals surface area contributed by atoms with Crippen LogP contribution in [-0.4, -0.2) is 47.4 Å². The molecule has 0 aliphatic heterocycles. The van der Waals surface area contributed by atoms with Crippen LogP contribution in [0.3, 0.4) is 0 Å². The predicted molar refractivity (Wildman–Crippen MR) is 301 cm³/mol. The molecular formula is C63H119NO5. The number of nitrogens with one attached hydrogen (secondary N) is 1. The van der Waals surface area contributed by atoms with Crippen molar-refractivity contribution in [1.82, 2.24) is 5.32 Å². The molecule has 0 fully saturated rings. The zero-order valence-electron chi connectivity index (χ0n) is 46.3. The van der Waals surface area contributed by atoms with E-state index in [2.05, 4.69) is 43.5 Å². The highest BCUT2D eigenvalue weighted by molar-refractivity contribution is 5.76. The van der Waals surface area contributed by atoms with Gasteiger partial charge in [0.25, 0.3) is 0 Å². The third kappa shape index (κ3) is 55.2. The van der Waals surface area contributed by atoms with Crippen LogP contribution in [-0.2, 0) is 14.3 Å². The molecule has 406 valence electrons. The van der Waals surface area contributed by atoms with Crippen LogP contribution in [0.15, 0.2) is 36.5 Å². The minimum absolute atomic E-state index is 0.0180. The van der Waals surface area contributed by atoms with Gasteiger partial charge in [0.05, 0.1) is 25.4 Å². The zero-order valence-corrected chi connectivity index (χ0v) is 46.3. The van der Waals surface area contributed by atoms with Crippen molar-refractivity contribution in [3.63, 3.8) is 0 Å². The number of ether oxygens (including phenoxy) is 1. The van der Waals surface area contributed by atoms with Gasteiger partial charge in [0.15, 0.2) is 0 Å². The Morgan fingerprint density at radius 3 is 1.13 bits per heavy atom. The number of aliphatic hydroxyl groups excluding tert-OH is 2. The third-order valence-corrected chi connectivity index (χ3v) is 14.2. The van der Waals surface area contributed by atoms with Crippen LogP contribution in [0.5, 0.6) is 0 Å². The average molecular weight is 971 g/mol. The summed E-state index contributed by atoms with van der Waals surface area (Å²) < 4.78 is 5.47. The van der Waals surface area contributed by atoms with Crippen molar-refractivity contribution in [3.05, 3.63) is 36.5 Å².